The third-order valence-corrected chi connectivity index (χ3v) is 8.18. The molecule has 1 saturated heterocycles. The molecular formula is C30H36N6O6S. The molecule has 0 saturated carbocycles. The maximum Gasteiger partial charge on any atom is 0.263 e. The lowest BCUT2D eigenvalue weighted by molar-refractivity contribution is -0.117. The summed E-state index contributed by atoms with van der Waals surface area (Å²) >= 11 is 0. The summed E-state index contributed by atoms with van der Waals surface area (Å²) in [6.45, 7) is 1.64. The number of para-hydroxylation sites is 2. The Labute approximate surface area is 250 Å². The number of ether oxygens (including phenoxy) is 1. The molecule has 228 valence electrons. The maximum atomic E-state index is 13.5. The maximum absolute atomic E-state index is 13.5. The Morgan fingerprint density at radius 2 is 1.77 bits per heavy atom. The molecule has 13 heteroatoms. The molecule has 0 radical (unpaired) electrons. The molecule has 3 aromatic carbocycles. The first-order chi connectivity index (χ1) is 20.2. The van der Waals surface area contributed by atoms with Crippen LogP contribution in [0.4, 0.5) is 23.0 Å². The second-order valence-corrected chi connectivity index (χ2v) is 11.7. The first kappa shape index (κ1) is 31.5. The van der Waals surface area contributed by atoms with Gasteiger partial charge in [0.2, 0.25) is 5.91 Å². The monoisotopic (exact) mass is 608 g/mol. The van der Waals surface area contributed by atoms with E-state index in [1.807, 2.05) is 4.90 Å². The SMILES string of the molecule is C.COc1cc(O)cc(Nc2nc3ccccc3nc2NS(=O)(=O)c2cccc(NC(=O)CN3CCCC(CO)C3)c2)c1. The number of nitrogens with zero attached hydrogens (tertiary/aromatic N) is 3. The summed E-state index contributed by atoms with van der Waals surface area (Å²) in [6, 6.07) is 17.4. The number of sulfonamides is 1. The van der Waals surface area contributed by atoms with E-state index in [4.69, 9.17) is 4.74 Å². The van der Waals surface area contributed by atoms with Gasteiger partial charge in [-0.05, 0) is 55.6 Å². The number of amides is 1. The molecule has 12 nitrogen and oxygen atoms in total. The van der Waals surface area contributed by atoms with Gasteiger partial charge in [0.25, 0.3) is 10.0 Å². The number of hydrogen-bond donors (Lipinski definition) is 5. The summed E-state index contributed by atoms with van der Waals surface area (Å²) in [5.41, 5.74) is 1.73. The number of likely N-dealkylation sites (tertiary alicyclic amines) is 1. The van der Waals surface area contributed by atoms with Crippen LogP contribution in [0.15, 0.2) is 71.6 Å². The highest BCUT2D eigenvalue weighted by atomic mass is 32.2. The van der Waals surface area contributed by atoms with Crippen molar-refractivity contribution in [3.63, 3.8) is 0 Å². The van der Waals surface area contributed by atoms with Crippen LogP contribution in [0.5, 0.6) is 11.5 Å². The third-order valence-electron chi connectivity index (χ3n) is 6.85. The van der Waals surface area contributed by atoms with Crippen molar-refractivity contribution in [1.82, 2.24) is 14.9 Å². The number of anilines is 4. The minimum absolute atomic E-state index is 0. The van der Waals surface area contributed by atoms with E-state index < -0.39 is 10.0 Å². The van der Waals surface area contributed by atoms with Crippen molar-refractivity contribution >= 4 is 50.0 Å². The van der Waals surface area contributed by atoms with Crippen LogP contribution in [0.3, 0.4) is 0 Å². The molecule has 1 aliphatic rings. The van der Waals surface area contributed by atoms with E-state index in [0.29, 0.717) is 34.7 Å². The first-order valence-corrected chi connectivity index (χ1v) is 14.9. The zero-order chi connectivity index (χ0) is 29.7. The lowest BCUT2D eigenvalue weighted by Crippen LogP contribution is -2.41. The van der Waals surface area contributed by atoms with Crippen LogP contribution in [-0.2, 0) is 14.8 Å². The molecule has 1 aromatic heterocycles. The lowest BCUT2D eigenvalue weighted by atomic mass is 9.99. The Bertz CT molecular complexity index is 1700. The minimum atomic E-state index is -4.17. The lowest BCUT2D eigenvalue weighted by Gasteiger charge is -2.31. The molecule has 1 aliphatic heterocycles. The number of phenols is 1. The largest absolute Gasteiger partial charge is 0.508 e. The summed E-state index contributed by atoms with van der Waals surface area (Å²) < 4.78 is 34.7. The topological polar surface area (TPSA) is 166 Å². The number of benzene rings is 3. The zero-order valence-electron chi connectivity index (χ0n) is 22.9. The fourth-order valence-corrected chi connectivity index (χ4v) is 5.90. The normalized spacial score (nSPS) is 15.3. The van der Waals surface area contributed by atoms with Crippen molar-refractivity contribution in [3.8, 4) is 11.5 Å². The van der Waals surface area contributed by atoms with Crippen LogP contribution in [-0.4, -0.2) is 72.8 Å². The number of rotatable bonds is 10. The summed E-state index contributed by atoms with van der Waals surface area (Å²) in [5.74, 6) is 0.259. The van der Waals surface area contributed by atoms with E-state index in [9.17, 15) is 23.4 Å². The van der Waals surface area contributed by atoms with E-state index in [0.717, 1.165) is 19.4 Å². The Morgan fingerprint density at radius 3 is 2.49 bits per heavy atom. The molecule has 1 unspecified atom stereocenters. The standard InChI is InChI=1S/C29H32N6O6S.CH4/c1-41-23-13-21(12-22(37)15-23)31-28-29(33-26-10-3-2-9-25(26)32-28)34-42(39,40)24-8-4-7-20(14-24)30-27(38)17-35-11-5-6-19(16-35)18-36;/h2-4,7-10,12-15,19,36-37H,5-6,11,16-18H2,1H3,(H,30,38)(H,31,32)(H,33,34);1H4. The fourth-order valence-electron chi connectivity index (χ4n) is 4.84. The number of phenolic OH excluding ortho intramolecular Hbond substituents is 1. The van der Waals surface area contributed by atoms with Crippen LogP contribution in [0.2, 0.25) is 0 Å². The van der Waals surface area contributed by atoms with Gasteiger partial charge in [-0.3, -0.25) is 14.4 Å². The van der Waals surface area contributed by atoms with E-state index in [1.165, 1.54) is 37.4 Å². The minimum Gasteiger partial charge on any atom is -0.508 e. The second-order valence-electron chi connectivity index (χ2n) is 10.1. The molecule has 1 fully saturated rings. The van der Waals surface area contributed by atoms with Crippen LogP contribution in [0.1, 0.15) is 20.3 Å². The number of aromatic hydroxyl groups is 1. The van der Waals surface area contributed by atoms with Gasteiger partial charge in [-0.2, -0.15) is 0 Å². The molecule has 1 amide bonds. The average molecular weight is 609 g/mol. The number of carbonyl (C=O) groups is 1. The summed E-state index contributed by atoms with van der Waals surface area (Å²) in [4.78, 5) is 23.7. The van der Waals surface area contributed by atoms with Gasteiger partial charge >= 0.3 is 0 Å². The van der Waals surface area contributed by atoms with Gasteiger partial charge in [0.15, 0.2) is 11.6 Å². The molecule has 0 bridgehead atoms. The Hall–Kier alpha value is -4.46. The van der Waals surface area contributed by atoms with Gasteiger partial charge < -0.3 is 25.6 Å². The number of aliphatic hydroxyl groups is 1. The quantitative estimate of drug-likeness (QED) is 0.176. The van der Waals surface area contributed by atoms with Crippen molar-refractivity contribution in [2.24, 2.45) is 5.92 Å². The predicted molar refractivity (Wildman–Crippen MR) is 166 cm³/mol. The van der Waals surface area contributed by atoms with Gasteiger partial charge in [0.1, 0.15) is 11.5 Å². The first-order valence-electron chi connectivity index (χ1n) is 13.4. The molecule has 0 spiro atoms. The Balaban J connectivity index is 0.00000423. The highest BCUT2D eigenvalue weighted by molar-refractivity contribution is 7.92. The van der Waals surface area contributed by atoms with Crippen molar-refractivity contribution in [3.05, 3.63) is 66.7 Å². The van der Waals surface area contributed by atoms with Crippen molar-refractivity contribution in [2.75, 3.05) is 48.7 Å². The molecule has 4 aromatic rings. The zero-order valence-corrected chi connectivity index (χ0v) is 23.8. The third kappa shape index (κ3) is 7.89. The number of piperidine rings is 1. The van der Waals surface area contributed by atoms with E-state index in [-0.39, 0.29) is 54.7 Å². The number of hydrogen-bond acceptors (Lipinski definition) is 10. The van der Waals surface area contributed by atoms with Crippen LogP contribution < -0.4 is 20.1 Å². The van der Waals surface area contributed by atoms with E-state index in [2.05, 4.69) is 25.3 Å². The van der Waals surface area contributed by atoms with Gasteiger partial charge in [-0.1, -0.05) is 25.6 Å². The number of carbonyl (C=O) groups excluding carboxylic acids is 1. The van der Waals surface area contributed by atoms with Crippen LogP contribution in [0.25, 0.3) is 11.0 Å². The van der Waals surface area contributed by atoms with Crippen molar-refractivity contribution in [1.29, 1.82) is 0 Å². The number of methoxy groups -OCH3 is 1. The Morgan fingerprint density at radius 1 is 1.02 bits per heavy atom. The van der Waals surface area contributed by atoms with E-state index >= 15 is 0 Å². The van der Waals surface area contributed by atoms with Crippen LogP contribution >= 0.6 is 0 Å². The summed E-state index contributed by atoms with van der Waals surface area (Å²) in [5, 5.41) is 25.3. The van der Waals surface area contributed by atoms with Gasteiger partial charge in [0.05, 0.1) is 29.6 Å². The van der Waals surface area contributed by atoms with Crippen molar-refractivity contribution in [2.45, 2.75) is 25.2 Å². The predicted octanol–water partition coefficient (Wildman–Crippen LogP) is 4.17. The van der Waals surface area contributed by atoms with E-state index in [1.54, 1.807) is 36.4 Å². The van der Waals surface area contributed by atoms with Crippen LogP contribution in [0, 0.1) is 5.92 Å². The number of nitrogens with one attached hydrogen (secondary N) is 3. The Kier molecular flexibility index (Phi) is 10.0. The molecule has 5 rings (SSSR count). The average Bonchev–Trinajstić information content (AvgIpc) is 2.97. The molecule has 5 N–H and O–H groups in total. The fraction of sp³-hybridized carbons (Fsp3) is 0.300. The molecular weight excluding hydrogens is 572 g/mol. The highest BCUT2D eigenvalue weighted by Gasteiger charge is 2.22. The summed E-state index contributed by atoms with van der Waals surface area (Å²) in [6.07, 6.45) is 1.84. The smallest absolute Gasteiger partial charge is 0.263 e. The number of aliphatic hydroxyl groups excluding tert-OH is 1. The number of fused-ring (bicyclic) bond motifs is 1. The van der Waals surface area contributed by atoms with Gasteiger partial charge in [0, 0.05) is 42.7 Å². The van der Waals surface area contributed by atoms with Gasteiger partial charge in [-0.25, -0.2) is 18.4 Å². The summed E-state index contributed by atoms with van der Waals surface area (Å²) in [7, 11) is -2.71. The molecule has 2 heterocycles. The molecule has 1 atom stereocenters. The second kappa shape index (κ2) is 13.7. The molecule has 43 heavy (non-hydrogen) atoms. The molecule has 0 aliphatic carbocycles. The van der Waals surface area contributed by atoms with Gasteiger partial charge in [-0.15, -0.1) is 0 Å². The number of aromatic nitrogens is 2. The van der Waals surface area contributed by atoms with Crippen molar-refractivity contribution < 1.29 is 28.2 Å². The highest BCUT2D eigenvalue weighted by Crippen LogP contribution is 2.31.